The van der Waals surface area contributed by atoms with Crippen LogP contribution in [0, 0.1) is 28.6 Å². The number of aliphatic hydroxyl groups is 1. The third kappa shape index (κ3) is 1.89. The number of carbonyl (C=O) groups is 1. The number of fused-ring (bicyclic) bond motifs is 1. The smallest absolute Gasteiger partial charge is 0.303 e. The monoisotopic (exact) mass is 477 g/mol. The molecule has 9 heteroatoms. The summed E-state index contributed by atoms with van der Waals surface area (Å²) in [7, 11) is 5.12. The first-order valence-corrected chi connectivity index (χ1v) is 12.5. The van der Waals surface area contributed by atoms with Crippen LogP contribution in [-0.4, -0.2) is 92.7 Å². The molecule has 7 aliphatic rings. The number of esters is 1. The minimum Gasteiger partial charge on any atom is -0.459 e. The SMILES string of the molecule is CO[C@H]1[C@@H]2C[C@]3(O)[C@H]1[C@@]1(C[C@@H]2OC)OCO[C@]12[C@H]1N=C[C@]4(C)CC[C@H](OC)[C@@]13[C@@H]4[C@@H]2OC(C)=O. The maximum atomic E-state index is 13.1. The van der Waals surface area contributed by atoms with E-state index in [0.29, 0.717) is 12.8 Å². The van der Waals surface area contributed by atoms with E-state index in [2.05, 4.69) is 6.92 Å². The van der Waals surface area contributed by atoms with Gasteiger partial charge in [-0.15, -0.1) is 0 Å². The van der Waals surface area contributed by atoms with Crippen LogP contribution in [0.3, 0.4) is 0 Å². The van der Waals surface area contributed by atoms with Gasteiger partial charge in [0, 0.05) is 64.1 Å². The van der Waals surface area contributed by atoms with Crippen molar-refractivity contribution in [1.82, 2.24) is 0 Å². The first kappa shape index (κ1) is 22.1. The van der Waals surface area contributed by atoms with Gasteiger partial charge in [0.25, 0.3) is 0 Å². The first-order chi connectivity index (χ1) is 16.2. The number of aliphatic imine (C=N–C) groups is 1. The molecular formula is C25H35NO8. The fourth-order valence-corrected chi connectivity index (χ4v) is 10.7. The van der Waals surface area contributed by atoms with E-state index in [-0.39, 0.29) is 54.2 Å². The summed E-state index contributed by atoms with van der Waals surface area (Å²) in [6, 6.07) is -0.469. The highest BCUT2D eigenvalue weighted by Crippen LogP contribution is 2.83. The molecule has 9 nitrogen and oxygen atoms in total. The Bertz CT molecular complexity index is 975. The van der Waals surface area contributed by atoms with Crippen molar-refractivity contribution < 1.29 is 38.3 Å². The zero-order chi connectivity index (χ0) is 23.9. The number of hydrogen-bond acceptors (Lipinski definition) is 9. The summed E-state index contributed by atoms with van der Waals surface area (Å²) >= 11 is 0. The van der Waals surface area contributed by atoms with Crippen LogP contribution in [0.1, 0.15) is 39.5 Å². The normalized spacial score (nSPS) is 61.9. The molecular weight excluding hydrogens is 442 g/mol. The van der Waals surface area contributed by atoms with Crippen molar-refractivity contribution in [1.29, 1.82) is 0 Å². The summed E-state index contributed by atoms with van der Waals surface area (Å²) in [4.78, 5) is 17.8. The Kier molecular flexibility index (Phi) is 4.18. The molecule has 6 fully saturated rings. The highest BCUT2D eigenvalue weighted by molar-refractivity contribution is 5.73. The van der Waals surface area contributed by atoms with Gasteiger partial charge in [0.2, 0.25) is 0 Å². The zero-order valence-electron chi connectivity index (χ0n) is 20.5. The quantitative estimate of drug-likeness (QED) is 0.601. The molecule has 34 heavy (non-hydrogen) atoms. The number of hydrogen-bond donors (Lipinski definition) is 1. The molecule has 5 aliphatic carbocycles. The predicted molar refractivity (Wildman–Crippen MR) is 117 cm³/mol. The van der Waals surface area contributed by atoms with Crippen LogP contribution in [0.5, 0.6) is 0 Å². The molecule has 188 valence electrons. The molecule has 0 amide bonds. The van der Waals surface area contributed by atoms with E-state index in [1.54, 1.807) is 21.3 Å². The lowest BCUT2D eigenvalue weighted by Crippen LogP contribution is -2.81. The fourth-order valence-electron chi connectivity index (χ4n) is 10.7. The molecule has 5 saturated carbocycles. The van der Waals surface area contributed by atoms with Crippen LogP contribution in [0.25, 0.3) is 0 Å². The average molecular weight is 478 g/mol. The third-order valence-electron chi connectivity index (χ3n) is 11.3. The standard InChI is InChI=1S/C25H35NO8/c1-12(27)34-19-18-21(2)7-6-15(30-4)24(18)20(26-10-21)25(19)23(32-11-33-25)9-14(29-3)13-8-22(24,28)17(23)16(13)31-5/h10,13-20,28H,6-9,11H2,1-5H3/t13-,14+,15+,16+,17+,18-,19+,20+,21+,22+,23-,24-,25-/m1/s1. The van der Waals surface area contributed by atoms with Gasteiger partial charge in [-0.1, -0.05) is 6.92 Å². The first-order valence-electron chi connectivity index (χ1n) is 12.5. The molecule has 0 unspecified atom stereocenters. The van der Waals surface area contributed by atoms with Crippen molar-refractivity contribution in [3.8, 4) is 0 Å². The summed E-state index contributed by atoms with van der Waals surface area (Å²) < 4.78 is 37.9. The Hall–Kier alpha value is -1.10. The lowest BCUT2D eigenvalue weighted by Gasteiger charge is -2.67. The lowest BCUT2D eigenvalue weighted by atomic mass is 9.42. The van der Waals surface area contributed by atoms with Gasteiger partial charge in [-0.05, 0) is 19.3 Å². The Morgan fingerprint density at radius 3 is 2.59 bits per heavy atom. The van der Waals surface area contributed by atoms with E-state index >= 15 is 0 Å². The Morgan fingerprint density at radius 1 is 1.12 bits per heavy atom. The molecule has 1 saturated heterocycles. The molecule has 1 N–H and O–H groups in total. The van der Waals surface area contributed by atoms with Crippen LogP contribution < -0.4 is 0 Å². The van der Waals surface area contributed by atoms with Crippen LogP contribution >= 0.6 is 0 Å². The molecule has 0 aromatic carbocycles. The Labute approximate surface area is 199 Å². The second-order valence-electron chi connectivity index (χ2n) is 11.9. The topological polar surface area (TPSA) is 105 Å². The van der Waals surface area contributed by atoms with E-state index in [9.17, 15) is 9.90 Å². The van der Waals surface area contributed by atoms with Crippen LogP contribution in [0.15, 0.2) is 4.99 Å². The number of carbonyl (C=O) groups excluding carboxylic acids is 1. The van der Waals surface area contributed by atoms with Gasteiger partial charge >= 0.3 is 5.97 Å². The molecule has 2 heterocycles. The van der Waals surface area contributed by atoms with E-state index in [1.807, 2.05) is 6.21 Å². The van der Waals surface area contributed by atoms with Crippen molar-refractivity contribution >= 4 is 12.2 Å². The average Bonchev–Trinajstić information content (AvgIpc) is 3.34. The number of methoxy groups -OCH3 is 3. The summed E-state index contributed by atoms with van der Waals surface area (Å²) in [5, 5.41) is 13.1. The van der Waals surface area contributed by atoms with Gasteiger partial charge in [0.05, 0.1) is 35.4 Å². The summed E-state index contributed by atoms with van der Waals surface area (Å²) in [5.41, 5.74) is -4.42. The van der Waals surface area contributed by atoms with Gasteiger partial charge in [-0.25, -0.2) is 0 Å². The van der Waals surface area contributed by atoms with Gasteiger partial charge in [-0.3, -0.25) is 9.79 Å². The van der Waals surface area contributed by atoms with E-state index in [0.717, 1.165) is 12.8 Å². The van der Waals surface area contributed by atoms with E-state index in [1.165, 1.54) is 6.92 Å². The molecule has 0 aromatic rings. The molecule has 7 rings (SSSR count). The number of ether oxygens (including phenoxy) is 6. The minimum absolute atomic E-state index is 0.00757. The Balaban J connectivity index is 1.60. The predicted octanol–water partition coefficient (Wildman–Crippen LogP) is 1.10. The minimum atomic E-state index is -1.22. The van der Waals surface area contributed by atoms with Gasteiger partial charge < -0.3 is 33.5 Å². The van der Waals surface area contributed by atoms with Crippen molar-refractivity contribution in [2.75, 3.05) is 28.1 Å². The largest absolute Gasteiger partial charge is 0.459 e. The van der Waals surface area contributed by atoms with Crippen molar-refractivity contribution in [2.24, 2.45) is 33.6 Å². The maximum Gasteiger partial charge on any atom is 0.303 e. The fraction of sp³-hybridized carbons (Fsp3) is 0.920. The van der Waals surface area contributed by atoms with Gasteiger partial charge in [0.15, 0.2) is 5.60 Å². The Morgan fingerprint density at radius 2 is 1.91 bits per heavy atom. The summed E-state index contributed by atoms with van der Waals surface area (Å²) in [6.07, 6.45) is 3.31. The molecule has 7 bridgehead atoms. The highest BCUT2D eigenvalue weighted by Gasteiger charge is 2.97. The van der Waals surface area contributed by atoms with E-state index in [4.69, 9.17) is 33.4 Å². The maximum absolute atomic E-state index is 13.1. The van der Waals surface area contributed by atoms with Crippen LogP contribution in [-0.2, 0) is 33.2 Å². The molecule has 0 aromatic heterocycles. The molecule has 2 aliphatic heterocycles. The number of nitrogens with zero attached hydrogens (tertiary/aromatic N) is 1. The molecule has 13 atom stereocenters. The molecule has 0 radical (unpaired) electrons. The molecule has 3 spiro atoms. The second kappa shape index (κ2) is 6.42. The summed E-state index contributed by atoms with van der Waals surface area (Å²) in [6.45, 7) is 3.67. The van der Waals surface area contributed by atoms with Crippen LogP contribution in [0.4, 0.5) is 0 Å². The van der Waals surface area contributed by atoms with Crippen molar-refractivity contribution in [2.45, 2.75) is 86.8 Å². The van der Waals surface area contributed by atoms with Gasteiger partial charge in [-0.2, -0.15) is 0 Å². The second-order valence-corrected chi connectivity index (χ2v) is 11.9. The summed E-state index contributed by atoms with van der Waals surface area (Å²) in [5.74, 6) is -0.964. The van der Waals surface area contributed by atoms with Crippen molar-refractivity contribution in [3.05, 3.63) is 0 Å². The lowest BCUT2D eigenvalue weighted by molar-refractivity contribution is -0.298. The highest BCUT2D eigenvalue weighted by atomic mass is 16.7. The van der Waals surface area contributed by atoms with E-state index < -0.39 is 34.4 Å². The van der Waals surface area contributed by atoms with Crippen molar-refractivity contribution in [3.63, 3.8) is 0 Å². The zero-order valence-corrected chi connectivity index (χ0v) is 20.5. The number of rotatable bonds is 4. The van der Waals surface area contributed by atoms with Crippen LogP contribution in [0.2, 0.25) is 0 Å². The van der Waals surface area contributed by atoms with Gasteiger partial charge in [0.1, 0.15) is 18.5 Å². The third-order valence-corrected chi connectivity index (χ3v) is 11.3.